The highest BCUT2D eigenvalue weighted by molar-refractivity contribution is 5.95. The van der Waals surface area contributed by atoms with Gasteiger partial charge in [0.15, 0.2) is 12.2 Å². The Hall–Kier alpha value is -2.34. The average molecular weight is 315 g/mol. The van der Waals surface area contributed by atoms with E-state index in [1.165, 1.54) is 6.39 Å². The highest BCUT2D eigenvalue weighted by Crippen LogP contribution is 2.32. The Bertz CT molecular complexity index is 664. The van der Waals surface area contributed by atoms with Crippen LogP contribution < -0.4 is 15.8 Å². The van der Waals surface area contributed by atoms with Crippen molar-refractivity contribution in [2.24, 2.45) is 11.7 Å². The molecule has 1 atom stereocenters. The van der Waals surface area contributed by atoms with E-state index in [0.29, 0.717) is 17.2 Å². The molecule has 1 aromatic heterocycles. The molecule has 0 spiro atoms. The fourth-order valence-corrected chi connectivity index (χ4v) is 3.08. The molecule has 6 nitrogen and oxygen atoms in total. The Balaban J connectivity index is 1.74. The summed E-state index contributed by atoms with van der Waals surface area (Å²) < 4.78 is 10.7. The molecular formula is C17H21N3O3. The summed E-state index contributed by atoms with van der Waals surface area (Å²) in [6.45, 7) is 0. The van der Waals surface area contributed by atoms with Gasteiger partial charge in [-0.15, -0.1) is 0 Å². The Morgan fingerprint density at radius 3 is 2.87 bits per heavy atom. The van der Waals surface area contributed by atoms with Crippen LogP contribution in [0.5, 0.6) is 5.75 Å². The van der Waals surface area contributed by atoms with Gasteiger partial charge in [0.2, 0.25) is 5.91 Å². The minimum Gasteiger partial charge on any atom is -0.496 e. The Labute approximate surface area is 135 Å². The summed E-state index contributed by atoms with van der Waals surface area (Å²) >= 11 is 0. The first-order valence-corrected chi connectivity index (χ1v) is 7.82. The molecule has 0 aliphatic heterocycles. The van der Waals surface area contributed by atoms with Crippen LogP contribution in [0.3, 0.4) is 0 Å². The zero-order chi connectivity index (χ0) is 16.2. The molecular weight excluding hydrogens is 294 g/mol. The number of carbonyl (C=O) groups is 1. The third-order valence-electron chi connectivity index (χ3n) is 4.38. The lowest BCUT2D eigenvalue weighted by atomic mass is 9.98. The molecule has 1 aliphatic carbocycles. The molecule has 1 unspecified atom stereocenters. The van der Waals surface area contributed by atoms with Crippen LogP contribution in [0.15, 0.2) is 35.2 Å². The van der Waals surface area contributed by atoms with E-state index < -0.39 is 6.04 Å². The van der Waals surface area contributed by atoms with Crippen molar-refractivity contribution in [3.63, 3.8) is 0 Å². The summed E-state index contributed by atoms with van der Waals surface area (Å²) in [6.07, 6.45) is 7.36. The molecule has 3 N–H and O–H groups in total. The first-order valence-electron chi connectivity index (χ1n) is 7.82. The van der Waals surface area contributed by atoms with E-state index in [9.17, 15) is 4.79 Å². The molecule has 1 aliphatic rings. The number of hydrogen-bond acceptors (Lipinski definition) is 5. The molecule has 0 radical (unpaired) electrons. The van der Waals surface area contributed by atoms with Gasteiger partial charge in [-0.25, -0.2) is 4.98 Å². The van der Waals surface area contributed by atoms with Crippen molar-refractivity contribution in [2.75, 3.05) is 12.4 Å². The number of nitrogens with one attached hydrogen (secondary N) is 1. The fourth-order valence-electron chi connectivity index (χ4n) is 3.08. The van der Waals surface area contributed by atoms with Crippen molar-refractivity contribution in [1.82, 2.24) is 4.98 Å². The van der Waals surface area contributed by atoms with Crippen LogP contribution >= 0.6 is 0 Å². The van der Waals surface area contributed by atoms with Crippen LogP contribution in [0.2, 0.25) is 0 Å². The molecule has 1 saturated carbocycles. The van der Waals surface area contributed by atoms with E-state index in [-0.39, 0.29) is 11.8 Å². The summed E-state index contributed by atoms with van der Waals surface area (Å²) in [5.74, 6) is 1.35. The molecule has 2 aromatic rings. The molecule has 3 rings (SSSR count). The number of nitrogens with two attached hydrogens (primary N) is 1. The summed E-state index contributed by atoms with van der Waals surface area (Å²) in [5, 5.41) is 2.88. The molecule has 122 valence electrons. The maximum Gasteiger partial charge on any atom is 0.241 e. The topological polar surface area (TPSA) is 90.4 Å². The largest absolute Gasteiger partial charge is 0.496 e. The maximum atomic E-state index is 12.3. The number of oxazole rings is 1. The molecule has 1 aromatic carbocycles. The zero-order valence-corrected chi connectivity index (χ0v) is 13.1. The van der Waals surface area contributed by atoms with Crippen molar-refractivity contribution in [3.8, 4) is 17.1 Å². The monoisotopic (exact) mass is 315 g/mol. The van der Waals surface area contributed by atoms with E-state index >= 15 is 0 Å². The average Bonchev–Trinajstić information content (AvgIpc) is 3.27. The number of benzene rings is 1. The second kappa shape index (κ2) is 6.83. The SMILES string of the molecule is COc1cc(NC(=O)C(N)C2CCCC2)ccc1-c1cnco1. The number of carbonyl (C=O) groups excluding carboxylic acids is 1. The van der Waals surface area contributed by atoms with Gasteiger partial charge in [-0.3, -0.25) is 4.79 Å². The quantitative estimate of drug-likeness (QED) is 0.885. The predicted octanol–water partition coefficient (Wildman–Crippen LogP) is 2.81. The van der Waals surface area contributed by atoms with E-state index in [0.717, 1.165) is 31.2 Å². The fraction of sp³-hybridized carbons (Fsp3) is 0.412. The van der Waals surface area contributed by atoms with Gasteiger partial charge in [0.05, 0.1) is 24.9 Å². The van der Waals surface area contributed by atoms with Crippen LogP contribution in [0.25, 0.3) is 11.3 Å². The normalized spacial score (nSPS) is 16.3. The van der Waals surface area contributed by atoms with Crippen molar-refractivity contribution >= 4 is 11.6 Å². The van der Waals surface area contributed by atoms with Gasteiger partial charge in [0.1, 0.15) is 5.75 Å². The standard InChI is InChI=1S/C17H21N3O3/c1-22-14-8-12(6-7-13(14)15-9-19-10-23-15)20-17(21)16(18)11-4-2-3-5-11/h6-11,16H,2-5,18H2,1H3,(H,20,21). The van der Waals surface area contributed by atoms with Crippen LogP contribution in [-0.2, 0) is 4.79 Å². The number of ether oxygens (including phenoxy) is 1. The first kappa shape index (κ1) is 15.6. The van der Waals surface area contributed by atoms with Crippen LogP contribution in [0, 0.1) is 5.92 Å². The Morgan fingerprint density at radius 2 is 2.22 bits per heavy atom. The number of amides is 1. The van der Waals surface area contributed by atoms with Gasteiger partial charge < -0.3 is 20.2 Å². The number of rotatable bonds is 5. The van der Waals surface area contributed by atoms with Gasteiger partial charge in [-0.2, -0.15) is 0 Å². The summed E-state index contributed by atoms with van der Waals surface area (Å²) in [5.41, 5.74) is 7.52. The second-order valence-corrected chi connectivity index (χ2v) is 5.84. The number of anilines is 1. The van der Waals surface area contributed by atoms with Crippen molar-refractivity contribution in [1.29, 1.82) is 0 Å². The van der Waals surface area contributed by atoms with E-state index in [1.807, 2.05) is 6.07 Å². The molecule has 23 heavy (non-hydrogen) atoms. The van der Waals surface area contributed by atoms with Gasteiger partial charge >= 0.3 is 0 Å². The van der Waals surface area contributed by atoms with Gasteiger partial charge in [0, 0.05) is 11.8 Å². The van der Waals surface area contributed by atoms with Gasteiger partial charge in [-0.05, 0) is 30.9 Å². The van der Waals surface area contributed by atoms with Crippen LogP contribution in [-0.4, -0.2) is 24.0 Å². The van der Waals surface area contributed by atoms with Gasteiger partial charge in [0.25, 0.3) is 0 Å². The molecule has 0 bridgehead atoms. The lowest BCUT2D eigenvalue weighted by Crippen LogP contribution is -2.40. The molecule has 1 amide bonds. The lowest BCUT2D eigenvalue weighted by molar-refractivity contribution is -0.118. The number of aromatic nitrogens is 1. The zero-order valence-electron chi connectivity index (χ0n) is 13.1. The van der Waals surface area contributed by atoms with E-state index in [2.05, 4.69) is 10.3 Å². The highest BCUT2D eigenvalue weighted by Gasteiger charge is 2.27. The second-order valence-electron chi connectivity index (χ2n) is 5.84. The third kappa shape index (κ3) is 3.37. The number of methoxy groups -OCH3 is 1. The number of hydrogen-bond donors (Lipinski definition) is 2. The molecule has 6 heteroatoms. The minimum absolute atomic E-state index is 0.147. The summed E-state index contributed by atoms with van der Waals surface area (Å²) in [7, 11) is 1.57. The Kier molecular flexibility index (Phi) is 4.62. The molecule has 1 fully saturated rings. The maximum absolute atomic E-state index is 12.3. The minimum atomic E-state index is -0.461. The molecule has 1 heterocycles. The van der Waals surface area contributed by atoms with Crippen molar-refractivity contribution < 1.29 is 13.9 Å². The lowest BCUT2D eigenvalue weighted by Gasteiger charge is -2.18. The predicted molar refractivity (Wildman–Crippen MR) is 87.1 cm³/mol. The first-order chi connectivity index (χ1) is 11.2. The summed E-state index contributed by atoms with van der Waals surface area (Å²) in [6, 6.07) is 4.93. The summed E-state index contributed by atoms with van der Waals surface area (Å²) in [4.78, 5) is 16.2. The van der Waals surface area contributed by atoms with Crippen LogP contribution in [0.1, 0.15) is 25.7 Å². The van der Waals surface area contributed by atoms with Crippen molar-refractivity contribution in [2.45, 2.75) is 31.7 Å². The van der Waals surface area contributed by atoms with Gasteiger partial charge in [-0.1, -0.05) is 12.8 Å². The van der Waals surface area contributed by atoms with E-state index in [1.54, 1.807) is 25.4 Å². The third-order valence-corrected chi connectivity index (χ3v) is 4.38. The number of nitrogens with zero attached hydrogens (tertiary/aromatic N) is 1. The molecule has 0 saturated heterocycles. The Morgan fingerprint density at radius 1 is 1.43 bits per heavy atom. The van der Waals surface area contributed by atoms with E-state index in [4.69, 9.17) is 14.9 Å². The highest BCUT2D eigenvalue weighted by atomic mass is 16.5. The van der Waals surface area contributed by atoms with Crippen molar-refractivity contribution in [3.05, 3.63) is 30.8 Å². The smallest absolute Gasteiger partial charge is 0.241 e. The van der Waals surface area contributed by atoms with Crippen LogP contribution in [0.4, 0.5) is 5.69 Å².